The van der Waals surface area contributed by atoms with Gasteiger partial charge in [0.2, 0.25) is 5.95 Å². The van der Waals surface area contributed by atoms with Crippen LogP contribution in [0.2, 0.25) is 0 Å². The van der Waals surface area contributed by atoms with Gasteiger partial charge in [-0.15, -0.1) is 0 Å². The number of benzene rings is 1. The van der Waals surface area contributed by atoms with Crippen molar-refractivity contribution in [2.24, 2.45) is 11.3 Å². The molecule has 6 rings (SSSR count). The van der Waals surface area contributed by atoms with E-state index in [-0.39, 0.29) is 22.5 Å². The fraction of sp³-hybridized carbons (Fsp3) is 0.500. The Morgan fingerprint density at radius 2 is 1.84 bits per heavy atom. The number of nitrogens with one attached hydrogen (secondary N) is 2. The number of carboxylic acids is 1. The minimum atomic E-state index is -0.721. The molecule has 3 fully saturated rings. The van der Waals surface area contributed by atoms with E-state index in [9.17, 15) is 14.7 Å². The van der Waals surface area contributed by atoms with Crippen LogP contribution in [-0.2, 0) is 4.79 Å². The van der Waals surface area contributed by atoms with Gasteiger partial charge in [-0.05, 0) is 55.7 Å². The summed E-state index contributed by atoms with van der Waals surface area (Å²) in [6, 6.07) is 4.91. The van der Waals surface area contributed by atoms with Crippen LogP contribution in [0.25, 0.3) is 10.9 Å². The van der Waals surface area contributed by atoms with Gasteiger partial charge in [-0.3, -0.25) is 9.59 Å². The summed E-state index contributed by atoms with van der Waals surface area (Å²) >= 11 is 0. The highest BCUT2D eigenvalue weighted by Crippen LogP contribution is 2.59. The van der Waals surface area contributed by atoms with Gasteiger partial charge in [0.25, 0.3) is 5.56 Å². The van der Waals surface area contributed by atoms with Crippen molar-refractivity contribution in [3.8, 4) is 0 Å². The van der Waals surface area contributed by atoms with E-state index in [1.807, 2.05) is 4.90 Å². The number of rotatable bonds is 5. The quantitative estimate of drug-likeness (QED) is 0.474. The monoisotopic (exact) mass is 507 g/mol. The van der Waals surface area contributed by atoms with Crippen LogP contribution < -0.4 is 20.7 Å². The molecule has 11 heteroatoms. The number of fused-ring (bicyclic) bond motifs is 1. The first kappa shape index (κ1) is 23.6. The second-order valence-electron chi connectivity index (χ2n) is 10.5. The van der Waals surface area contributed by atoms with Crippen molar-refractivity contribution in [1.29, 1.82) is 0 Å². The Kier molecular flexibility index (Phi) is 5.92. The number of H-pyrrole nitrogens is 1. The molecule has 2 aliphatic heterocycles. The SMILES string of the molecule is O=C(O)[C@@H]1CC12CCN(c1ccc(Nc3nc(N4CCCCCC4)nc4cn[nH]c(=O)c34)cc1F)CC2. The number of hydrogen-bond donors (Lipinski definition) is 3. The summed E-state index contributed by atoms with van der Waals surface area (Å²) in [5.74, 6) is -0.516. The number of piperidine rings is 1. The third-order valence-corrected chi connectivity index (χ3v) is 8.19. The number of aliphatic carboxylic acids is 1. The third kappa shape index (κ3) is 4.47. The van der Waals surface area contributed by atoms with Gasteiger partial charge in [-0.25, -0.2) is 14.5 Å². The first-order valence-corrected chi connectivity index (χ1v) is 13.0. The van der Waals surface area contributed by atoms with E-state index in [0.29, 0.717) is 41.7 Å². The maximum Gasteiger partial charge on any atom is 0.307 e. The van der Waals surface area contributed by atoms with E-state index in [4.69, 9.17) is 0 Å². The van der Waals surface area contributed by atoms with Crippen molar-refractivity contribution in [1.82, 2.24) is 20.2 Å². The molecule has 1 aromatic carbocycles. The van der Waals surface area contributed by atoms with Crippen LogP contribution in [0.4, 0.5) is 27.5 Å². The summed E-state index contributed by atoms with van der Waals surface area (Å²) < 4.78 is 15.3. The van der Waals surface area contributed by atoms with E-state index in [1.54, 1.807) is 12.1 Å². The van der Waals surface area contributed by atoms with Crippen LogP contribution in [0.15, 0.2) is 29.2 Å². The molecule has 0 radical (unpaired) electrons. The van der Waals surface area contributed by atoms with Crippen molar-refractivity contribution in [2.45, 2.75) is 44.9 Å². The predicted octanol–water partition coefficient (Wildman–Crippen LogP) is 3.67. The molecule has 3 aliphatic rings. The van der Waals surface area contributed by atoms with Crippen LogP contribution >= 0.6 is 0 Å². The van der Waals surface area contributed by atoms with Gasteiger partial charge >= 0.3 is 5.97 Å². The van der Waals surface area contributed by atoms with Crippen LogP contribution in [0.5, 0.6) is 0 Å². The number of nitrogens with zero attached hydrogens (tertiary/aromatic N) is 5. The Hall–Kier alpha value is -3.76. The summed E-state index contributed by atoms with van der Waals surface area (Å²) in [6.07, 6.45) is 8.19. The molecule has 37 heavy (non-hydrogen) atoms. The number of aromatic nitrogens is 4. The summed E-state index contributed by atoms with van der Waals surface area (Å²) in [5.41, 5.74) is 0.871. The lowest BCUT2D eigenvalue weighted by Crippen LogP contribution is -2.36. The van der Waals surface area contributed by atoms with Gasteiger partial charge in [0.05, 0.1) is 17.8 Å². The fourth-order valence-electron chi connectivity index (χ4n) is 5.91. The molecular weight excluding hydrogens is 477 g/mol. The zero-order valence-electron chi connectivity index (χ0n) is 20.5. The maximum atomic E-state index is 15.3. The van der Waals surface area contributed by atoms with Crippen LogP contribution in [-0.4, -0.2) is 57.4 Å². The Balaban J connectivity index is 1.25. The Morgan fingerprint density at radius 3 is 2.51 bits per heavy atom. The lowest BCUT2D eigenvalue weighted by molar-refractivity contribution is -0.139. The number of carbonyl (C=O) groups is 1. The molecule has 3 N–H and O–H groups in total. The number of anilines is 4. The minimum Gasteiger partial charge on any atom is -0.481 e. The Morgan fingerprint density at radius 1 is 1.08 bits per heavy atom. The minimum absolute atomic E-state index is 0.110. The van der Waals surface area contributed by atoms with E-state index in [2.05, 4.69) is 30.4 Å². The summed E-state index contributed by atoms with van der Waals surface area (Å²) in [6.45, 7) is 2.95. The Bertz CT molecular complexity index is 1390. The molecule has 1 saturated carbocycles. The van der Waals surface area contributed by atoms with Crippen LogP contribution in [0, 0.1) is 17.2 Å². The predicted molar refractivity (Wildman–Crippen MR) is 138 cm³/mol. The molecule has 1 aliphatic carbocycles. The second kappa shape index (κ2) is 9.28. The van der Waals surface area contributed by atoms with Gasteiger partial charge in [0, 0.05) is 31.9 Å². The fourth-order valence-corrected chi connectivity index (χ4v) is 5.91. The molecule has 4 heterocycles. The molecule has 0 unspecified atom stereocenters. The molecule has 2 aromatic heterocycles. The van der Waals surface area contributed by atoms with E-state index in [0.717, 1.165) is 45.2 Å². The number of hydrogen-bond acceptors (Lipinski definition) is 8. The van der Waals surface area contributed by atoms with Gasteiger partial charge in [0.15, 0.2) is 0 Å². The standard InChI is InChI=1S/C26H30FN7O3/c27-18-13-16(5-6-20(18)33-11-7-26(8-12-33)14-17(26)24(36)37)29-22-21-19(15-28-32-23(21)35)30-25(31-22)34-9-3-1-2-4-10-34/h5-6,13,15,17H,1-4,7-12,14H2,(H,32,35)(H,36,37)(H,29,30,31)/t17-/m0/s1. The average molecular weight is 508 g/mol. The highest BCUT2D eigenvalue weighted by Gasteiger charge is 2.58. The smallest absolute Gasteiger partial charge is 0.307 e. The normalized spacial score (nSPS) is 21.2. The van der Waals surface area contributed by atoms with Crippen molar-refractivity contribution in [3.63, 3.8) is 0 Å². The van der Waals surface area contributed by atoms with Gasteiger partial charge in [-0.2, -0.15) is 10.1 Å². The third-order valence-electron chi connectivity index (χ3n) is 8.19. The molecule has 0 bridgehead atoms. The number of carboxylic acid groups (broad SMARTS) is 1. The molecule has 10 nitrogen and oxygen atoms in total. The van der Waals surface area contributed by atoms with E-state index >= 15 is 4.39 Å². The zero-order valence-corrected chi connectivity index (χ0v) is 20.5. The van der Waals surface area contributed by atoms with Crippen molar-refractivity contribution >= 4 is 40.0 Å². The topological polar surface area (TPSA) is 127 Å². The maximum absolute atomic E-state index is 15.3. The lowest BCUT2D eigenvalue weighted by atomic mass is 9.90. The second-order valence-corrected chi connectivity index (χ2v) is 10.5. The van der Waals surface area contributed by atoms with Crippen LogP contribution in [0.1, 0.15) is 44.9 Å². The highest BCUT2D eigenvalue weighted by molar-refractivity contribution is 5.90. The van der Waals surface area contributed by atoms with Crippen LogP contribution in [0.3, 0.4) is 0 Å². The molecule has 3 aromatic rings. The van der Waals surface area contributed by atoms with Gasteiger partial charge in [-0.1, -0.05) is 12.8 Å². The first-order valence-electron chi connectivity index (χ1n) is 13.0. The largest absolute Gasteiger partial charge is 0.481 e. The average Bonchev–Trinajstić information content (AvgIpc) is 3.65. The number of halogens is 1. The summed E-state index contributed by atoms with van der Waals surface area (Å²) in [5, 5.41) is 19.1. The number of aromatic amines is 1. The molecule has 0 amide bonds. The zero-order chi connectivity index (χ0) is 25.6. The molecule has 1 spiro atoms. The van der Waals surface area contributed by atoms with Gasteiger partial charge in [0.1, 0.15) is 22.5 Å². The molecule has 1 atom stereocenters. The first-order chi connectivity index (χ1) is 17.9. The van der Waals surface area contributed by atoms with E-state index < -0.39 is 11.5 Å². The van der Waals surface area contributed by atoms with Gasteiger partial charge < -0.3 is 20.2 Å². The molecular formula is C26H30FN7O3. The summed E-state index contributed by atoms with van der Waals surface area (Å²) in [4.78, 5) is 37.3. The van der Waals surface area contributed by atoms with Crippen molar-refractivity contribution in [3.05, 3.63) is 40.6 Å². The van der Waals surface area contributed by atoms with E-state index in [1.165, 1.54) is 25.1 Å². The molecule has 194 valence electrons. The molecule has 2 saturated heterocycles. The summed E-state index contributed by atoms with van der Waals surface area (Å²) in [7, 11) is 0. The van der Waals surface area contributed by atoms with Crippen molar-refractivity contribution in [2.75, 3.05) is 41.3 Å². The van der Waals surface area contributed by atoms with Crippen molar-refractivity contribution < 1.29 is 14.3 Å². The lowest BCUT2D eigenvalue weighted by Gasteiger charge is -2.34. The highest BCUT2D eigenvalue weighted by atomic mass is 19.1. The Labute approximate surface area is 212 Å².